The van der Waals surface area contributed by atoms with E-state index in [1.807, 2.05) is 11.6 Å². The fourth-order valence-electron chi connectivity index (χ4n) is 4.38. The quantitative estimate of drug-likeness (QED) is 0.867. The average Bonchev–Trinajstić information content (AvgIpc) is 3.52. The fraction of sp³-hybridized carbons (Fsp3) is 0.455. The number of ether oxygens (including phenoxy) is 1. The van der Waals surface area contributed by atoms with Crippen LogP contribution in [0.3, 0.4) is 0 Å². The first-order chi connectivity index (χ1) is 14.1. The zero-order chi connectivity index (χ0) is 20.1. The number of benzene rings is 1. The van der Waals surface area contributed by atoms with Crippen LogP contribution in [0.15, 0.2) is 35.7 Å². The van der Waals surface area contributed by atoms with Crippen molar-refractivity contribution >= 4 is 5.69 Å². The largest absolute Gasteiger partial charge is 0.422 e. The number of nitriles is 1. The molecule has 1 unspecified atom stereocenters. The second-order valence-electron chi connectivity index (χ2n) is 8.29. The molecule has 2 fully saturated rings. The number of piperazine rings is 1. The molecular formula is C22H26N6O. The minimum absolute atomic E-state index is 0.190. The van der Waals surface area contributed by atoms with Gasteiger partial charge in [0.15, 0.2) is 0 Å². The van der Waals surface area contributed by atoms with Crippen molar-refractivity contribution in [3.05, 3.63) is 52.5 Å². The number of hydrogen-bond donors (Lipinski definition) is 1. The van der Waals surface area contributed by atoms with E-state index in [-0.39, 0.29) is 11.8 Å². The summed E-state index contributed by atoms with van der Waals surface area (Å²) in [5.41, 5.74) is 10.8. The van der Waals surface area contributed by atoms with E-state index in [1.165, 1.54) is 5.69 Å². The molecule has 7 heteroatoms. The Labute approximate surface area is 170 Å². The SMILES string of the molecule is Cc1nn(C2CC2)c2c1C(c1ccc(N3CCN(C)CC3)cc1)C(C#N)=C(N)O2. The van der Waals surface area contributed by atoms with Crippen LogP contribution >= 0.6 is 0 Å². The molecule has 29 heavy (non-hydrogen) atoms. The minimum atomic E-state index is -0.238. The summed E-state index contributed by atoms with van der Waals surface area (Å²) in [7, 11) is 2.16. The molecule has 1 aliphatic carbocycles. The van der Waals surface area contributed by atoms with Gasteiger partial charge in [-0.1, -0.05) is 12.1 Å². The van der Waals surface area contributed by atoms with Crippen molar-refractivity contribution in [3.8, 4) is 11.9 Å². The van der Waals surface area contributed by atoms with Gasteiger partial charge in [-0.05, 0) is 44.5 Å². The molecule has 1 saturated heterocycles. The van der Waals surface area contributed by atoms with Crippen LogP contribution in [0.5, 0.6) is 5.88 Å². The number of likely N-dealkylation sites (N-methyl/N-ethyl adjacent to an activating group) is 1. The molecule has 2 N–H and O–H groups in total. The van der Waals surface area contributed by atoms with Crippen LogP contribution in [0.1, 0.15) is 41.6 Å². The van der Waals surface area contributed by atoms with Gasteiger partial charge in [-0.25, -0.2) is 4.68 Å². The van der Waals surface area contributed by atoms with Gasteiger partial charge in [0.25, 0.3) is 0 Å². The second kappa shape index (κ2) is 6.82. The molecule has 0 radical (unpaired) electrons. The molecule has 2 aliphatic heterocycles. The zero-order valence-corrected chi connectivity index (χ0v) is 16.9. The third kappa shape index (κ3) is 3.04. The highest BCUT2D eigenvalue weighted by molar-refractivity contribution is 5.58. The Hall–Kier alpha value is -2.98. The van der Waals surface area contributed by atoms with Crippen LogP contribution in [-0.4, -0.2) is 47.9 Å². The number of anilines is 1. The number of allylic oxidation sites excluding steroid dienone is 1. The summed E-state index contributed by atoms with van der Waals surface area (Å²) in [5.74, 6) is 0.655. The maximum atomic E-state index is 9.81. The standard InChI is InChI=1S/C22H26N6O/c1-14-19-20(15-3-5-16(6-4-15)27-11-9-26(2)10-12-27)18(13-23)21(24)29-22(19)28(25-14)17-7-8-17/h3-6,17,20H,7-12,24H2,1-2H3. The Balaban J connectivity index is 1.52. The van der Waals surface area contributed by atoms with Crippen molar-refractivity contribution < 1.29 is 4.74 Å². The summed E-state index contributed by atoms with van der Waals surface area (Å²) < 4.78 is 7.85. The van der Waals surface area contributed by atoms with E-state index < -0.39 is 0 Å². The van der Waals surface area contributed by atoms with E-state index in [4.69, 9.17) is 15.6 Å². The van der Waals surface area contributed by atoms with Gasteiger partial charge < -0.3 is 20.3 Å². The lowest BCUT2D eigenvalue weighted by atomic mass is 9.84. The number of fused-ring (bicyclic) bond motifs is 1. The number of aromatic nitrogens is 2. The molecule has 3 heterocycles. The molecule has 0 spiro atoms. The number of aryl methyl sites for hydroxylation is 1. The molecule has 1 saturated carbocycles. The number of rotatable bonds is 3. The van der Waals surface area contributed by atoms with Crippen molar-refractivity contribution in [1.29, 1.82) is 5.26 Å². The van der Waals surface area contributed by atoms with Crippen LogP contribution < -0.4 is 15.4 Å². The highest BCUT2D eigenvalue weighted by Gasteiger charge is 2.39. The lowest BCUT2D eigenvalue weighted by Crippen LogP contribution is -2.44. The van der Waals surface area contributed by atoms with Crippen LogP contribution in [0.25, 0.3) is 0 Å². The van der Waals surface area contributed by atoms with Gasteiger partial charge in [0.05, 0.1) is 23.2 Å². The van der Waals surface area contributed by atoms with Gasteiger partial charge in [-0.3, -0.25) is 0 Å². The molecule has 2 aromatic rings. The number of nitrogens with two attached hydrogens (primary N) is 1. The van der Waals surface area contributed by atoms with Crippen LogP contribution in [0.2, 0.25) is 0 Å². The Morgan fingerprint density at radius 2 is 1.83 bits per heavy atom. The number of nitrogens with zero attached hydrogens (tertiary/aromatic N) is 5. The molecule has 0 bridgehead atoms. The Bertz CT molecular complexity index is 1000. The lowest BCUT2D eigenvalue weighted by Gasteiger charge is -2.34. The molecular weight excluding hydrogens is 364 g/mol. The second-order valence-corrected chi connectivity index (χ2v) is 8.29. The van der Waals surface area contributed by atoms with Crippen molar-refractivity contribution in [2.24, 2.45) is 5.73 Å². The smallest absolute Gasteiger partial charge is 0.224 e. The van der Waals surface area contributed by atoms with Crippen molar-refractivity contribution in [1.82, 2.24) is 14.7 Å². The van der Waals surface area contributed by atoms with Gasteiger partial charge in [-0.15, -0.1) is 0 Å². The zero-order valence-electron chi connectivity index (χ0n) is 16.9. The molecule has 1 aromatic carbocycles. The molecule has 1 atom stereocenters. The van der Waals surface area contributed by atoms with Crippen molar-refractivity contribution in [2.75, 3.05) is 38.1 Å². The van der Waals surface area contributed by atoms with Gasteiger partial charge >= 0.3 is 0 Å². The van der Waals surface area contributed by atoms with Crippen LogP contribution in [-0.2, 0) is 0 Å². The van der Waals surface area contributed by atoms with Gasteiger partial charge in [0.2, 0.25) is 11.8 Å². The van der Waals surface area contributed by atoms with E-state index in [0.717, 1.165) is 55.8 Å². The lowest BCUT2D eigenvalue weighted by molar-refractivity contribution is 0.313. The van der Waals surface area contributed by atoms with E-state index >= 15 is 0 Å². The molecule has 1 aromatic heterocycles. The van der Waals surface area contributed by atoms with E-state index in [0.29, 0.717) is 17.5 Å². The third-order valence-electron chi connectivity index (χ3n) is 6.24. The summed E-state index contributed by atoms with van der Waals surface area (Å²) >= 11 is 0. The molecule has 7 nitrogen and oxygen atoms in total. The predicted molar refractivity (Wildman–Crippen MR) is 111 cm³/mol. The molecule has 5 rings (SSSR count). The fourth-order valence-corrected chi connectivity index (χ4v) is 4.38. The normalized spacial score (nSPS) is 22.2. The Morgan fingerprint density at radius 1 is 1.14 bits per heavy atom. The summed E-state index contributed by atoms with van der Waals surface area (Å²) in [6.45, 7) is 6.19. The Kier molecular flexibility index (Phi) is 4.25. The monoisotopic (exact) mass is 390 g/mol. The minimum Gasteiger partial charge on any atom is -0.422 e. The third-order valence-corrected chi connectivity index (χ3v) is 6.24. The van der Waals surface area contributed by atoms with E-state index in [2.05, 4.69) is 47.2 Å². The maximum absolute atomic E-state index is 9.81. The summed E-state index contributed by atoms with van der Waals surface area (Å²) in [4.78, 5) is 4.76. The van der Waals surface area contributed by atoms with Crippen molar-refractivity contribution in [2.45, 2.75) is 31.7 Å². The topological polar surface area (TPSA) is 83.3 Å². The Morgan fingerprint density at radius 3 is 2.45 bits per heavy atom. The van der Waals surface area contributed by atoms with E-state index in [9.17, 15) is 5.26 Å². The summed E-state index contributed by atoms with van der Waals surface area (Å²) in [6.07, 6.45) is 2.21. The first kappa shape index (κ1) is 18.1. The average molecular weight is 390 g/mol. The van der Waals surface area contributed by atoms with Gasteiger partial charge in [-0.2, -0.15) is 10.4 Å². The summed E-state index contributed by atoms with van der Waals surface area (Å²) in [6, 6.07) is 11.2. The summed E-state index contributed by atoms with van der Waals surface area (Å²) in [5, 5.41) is 14.5. The van der Waals surface area contributed by atoms with Gasteiger partial charge in [0.1, 0.15) is 11.6 Å². The highest BCUT2D eigenvalue weighted by Crippen LogP contribution is 2.48. The first-order valence-corrected chi connectivity index (χ1v) is 10.3. The molecule has 3 aliphatic rings. The number of hydrogen-bond acceptors (Lipinski definition) is 6. The maximum Gasteiger partial charge on any atom is 0.224 e. The highest BCUT2D eigenvalue weighted by atomic mass is 16.5. The molecule has 0 amide bonds. The van der Waals surface area contributed by atoms with Gasteiger partial charge in [0, 0.05) is 31.9 Å². The van der Waals surface area contributed by atoms with Crippen LogP contribution in [0, 0.1) is 18.3 Å². The molecule has 150 valence electrons. The van der Waals surface area contributed by atoms with Crippen LogP contribution in [0.4, 0.5) is 5.69 Å². The predicted octanol–water partition coefficient (Wildman–Crippen LogP) is 2.50. The van der Waals surface area contributed by atoms with Crippen molar-refractivity contribution in [3.63, 3.8) is 0 Å². The first-order valence-electron chi connectivity index (χ1n) is 10.3. The van der Waals surface area contributed by atoms with E-state index in [1.54, 1.807) is 0 Å².